The van der Waals surface area contributed by atoms with Crippen LogP contribution in [-0.2, 0) is 27.5 Å². The molecule has 0 saturated heterocycles. The predicted octanol–water partition coefficient (Wildman–Crippen LogP) is 15.9. The molecule has 5 heterocycles. The Morgan fingerprint density at radius 2 is 1.06 bits per heavy atom. The number of para-hydroxylation sites is 1. The number of ether oxygens (including phenoxy) is 1. The van der Waals surface area contributed by atoms with Crippen LogP contribution in [0.5, 0.6) is 5.75 Å². The molecule has 0 saturated carbocycles. The Bertz CT molecular complexity index is 3640. The second-order valence-electron chi connectivity index (χ2n) is 24.4. The van der Waals surface area contributed by atoms with Gasteiger partial charge in [-0.05, 0) is 121 Å². The van der Waals surface area contributed by atoms with Crippen molar-refractivity contribution in [2.75, 3.05) is 0 Å². The molecule has 70 heavy (non-hydrogen) atoms. The van der Waals surface area contributed by atoms with Crippen LogP contribution < -0.4 is 13.9 Å². The number of hydrogen-bond acceptors (Lipinski definition) is 1. The van der Waals surface area contributed by atoms with Crippen molar-refractivity contribution in [2.24, 2.45) is 0 Å². The Morgan fingerprint density at radius 1 is 0.457 bits per heavy atom. The maximum atomic E-state index is 8.23. The second-order valence-corrected chi connectivity index (χ2v) is 24.4. The van der Waals surface area contributed by atoms with E-state index in [0.717, 1.165) is 39.6 Å². The van der Waals surface area contributed by atoms with Crippen molar-refractivity contribution in [3.05, 3.63) is 191 Å². The normalized spacial score (nSPS) is 15.7. The molecule has 4 nitrogen and oxygen atoms in total. The molecule has 1 unspecified atom stereocenters. The average molecular weight is 916 g/mol. The molecule has 348 valence electrons. The van der Waals surface area contributed by atoms with Gasteiger partial charge in [-0.1, -0.05) is 180 Å². The summed E-state index contributed by atoms with van der Waals surface area (Å²) in [5, 5.41) is 0. The number of fused-ring (bicyclic) bond motifs is 5. The van der Waals surface area contributed by atoms with Gasteiger partial charge in [0.2, 0.25) is 5.69 Å². The zero-order chi connectivity index (χ0) is 49.0. The number of aromatic nitrogens is 3. The van der Waals surface area contributed by atoms with Crippen LogP contribution in [0.25, 0.3) is 83.9 Å². The van der Waals surface area contributed by atoms with Crippen LogP contribution in [0.2, 0.25) is 0 Å². The highest BCUT2D eigenvalue weighted by Crippen LogP contribution is 2.57. The van der Waals surface area contributed by atoms with E-state index in [9.17, 15) is 0 Å². The highest BCUT2D eigenvalue weighted by molar-refractivity contribution is 5.99. The Kier molecular flexibility index (Phi) is 9.31. The topological polar surface area (TPSA) is 21.9 Å². The van der Waals surface area contributed by atoms with E-state index in [2.05, 4.69) is 262 Å². The van der Waals surface area contributed by atoms with E-state index in [1.807, 2.05) is 0 Å². The SMILES string of the molecule is Cc1cc(-c2ccc(C(C)(C)C)cc2)c(-n2c3[n+]4c5c(cccc52)-c2cc(C(C)(C)C)cc5c2C4(Oc2c-3cc(C(C)(C)C)cc2C(C)(C)C)[n+]2ccc(-c3ccccc3)cc2-5)cc1-c1ccccc1. The molecule has 0 aliphatic carbocycles. The minimum absolute atomic E-state index is 0.0256. The van der Waals surface area contributed by atoms with Gasteiger partial charge in [0.25, 0.3) is 0 Å². The number of nitrogens with zero attached hydrogens (tertiary/aromatic N) is 3. The molecule has 3 aliphatic rings. The van der Waals surface area contributed by atoms with Crippen molar-refractivity contribution < 1.29 is 13.9 Å². The lowest BCUT2D eigenvalue weighted by atomic mass is 9.78. The third kappa shape index (κ3) is 6.41. The van der Waals surface area contributed by atoms with Crippen LogP contribution in [0.4, 0.5) is 0 Å². The highest BCUT2D eigenvalue weighted by atomic mass is 16.5. The first-order valence-corrected chi connectivity index (χ1v) is 25.3. The molecule has 12 rings (SSSR count). The van der Waals surface area contributed by atoms with Crippen molar-refractivity contribution in [2.45, 2.75) is 118 Å². The van der Waals surface area contributed by atoms with E-state index < -0.39 is 5.85 Å². The zero-order valence-corrected chi connectivity index (χ0v) is 43.3. The summed E-state index contributed by atoms with van der Waals surface area (Å²) in [5.41, 5.74) is 23.5. The number of aryl methyl sites for hydroxylation is 1. The first-order valence-electron chi connectivity index (χ1n) is 25.3. The zero-order valence-electron chi connectivity index (χ0n) is 43.3. The summed E-state index contributed by atoms with van der Waals surface area (Å²) < 4.78 is 15.9. The van der Waals surface area contributed by atoms with Crippen LogP contribution in [-0.4, -0.2) is 4.57 Å². The molecule has 0 radical (unpaired) electrons. The summed E-state index contributed by atoms with van der Waals surface area (Å²) in [5.74, 6) is 0.944. The van der Waals surface area contributed by atoms with E-state index >= 15 is 0 Å². The molecule has 1 spiro atoms. The fourth-order valence-corrected chi connectivity index (χ4v) is 11.6. The lowest BCUT2D eigenvalue weighted by Gasteiger charge is -2.36. The van der Waals surface area contributed by atoms with Gasteiger partial charge in [-0.3, -0.25) is 0 Å². The van der Waals surface area contributed by atoms with E-state index in [-0.39, 0.29) is 21.7 Å². The van der Waals surface area contributed by atoms with Gasteiger partial charge < -0.3 is 4.74 Å². The van der Waals surface area contributed by atoms with E-state index in [4.69, 9.17) is 4.74 Å². The van der Waals surface area contributed by atoms with E-state index in [1.54, 1.807) is 0 Å². The van der Waals surface area contributed by atoms with Gasteiger partial charge in [0.1, 0.15) is 16.8 Å². The summed E-state index contributed by atoms with van der Waals surface area (Å²) in [6, 6.07) is 57.5. The van der Waals surface area contributed by atoms with Crippen molar-refractivity contribution in [3.8, 4) is 78.6 Å². The Morgan fingerprint density at radius 3 is 1.70 bits per heavy atom. The standard InChI is InChI=1S/C66H65N3O/c1-40-33-50(43-27-29-45(30-28-43)62(2,3)4)57(39-49(40)42-23-18-15-19-24-42)68-55-26-20-25-48-51-35-46(63(5,6)7)36-52-56-34-44(41-21-16-14-17-22-41)31-32-67(56)66(58(51)52)69(59(48)55)61(68)53-37-47(64(8,9)10)38-54(60(53)70-66)65(11,12)13/h14-39H,1-13H3/q+2. The number of benzene rings is 7. The molecule has 4 heteroatoms. The van der Waals surface area contributed by atoms with Gasteiger partial charge in [0.05, 0.1) is 5.56 Å². The average Bonchev–Trinajstić information content (AvgIpc) is 3.81. The number of pyridine rings is 1. The molecule has 0 fully saturated rings. The van der Waals surface area contributed by atoms with E-state index in [1.165, 1.54) is 83.5 Å². The lowest BCUT2D eigenvalue weighted by Crippen LogP contribution is -2.78. The Hall–Kier alpha value is -7.04. The molecule has 1 atom stereocenters. The highest BCUT2D eigenvalue weighted by Gasteiger charge is 2.69. The maximum Gasteiger partial charge on any atom is 0.499 e. The van der Waals surface area contributed by atoms with Crippen LogP contribution in [0.1, 0.15) is 116 Å². The van der Waals surface area contributed by atoms with E-state index in [0.29, 0.717) is 0 Å². The molecular weight excluding hydrogens is 851 g/mol. The summed E-state index contributed by atoms with van der Waals surface area (Å²) in [4.78, 5) is 0. The van der Waals surface area contributed by atoms with Gasteiger partial charge in [-0.2, -0.15) is 4.57 Å². The van der Waals surface area contributed by atoms with Crippen molar-refractivity contribution in [3.63, 3.8) is 0 Å². The monoisotopic (exact) mass is 916 g/mol. The van der Waals surface area contributed by atoms with Gasteiger partial charge in [-0.25, -0.2) is 0 Å². The molecular formula is C66H65N3O+2. The number of imidazole rings is 1. The van der Waals surface area contributed by atoms with Crippen LogP contribution in [0.3, 0.4) is 0 Å². The Balaban J connectivity index is 1.30. The van der Waals surface area contributed by atoms with Gasteiger partial charge in [0, 0.05) is 34.4 Å². The molecule has 9 aromatic rings. The molecule has 7 aromatic carbocycles. The van der Waals surface area contributed by atoms with Gasteiger partial charge >= 0.3 is 11.7 Å². The lowest BCUT2D eigenvalue weighted by molar-refractivity contribution is -0.997. The van der Waals surface area contributed by atoms with Gasteiger partial charge in [0.15, 0.2) is 23.0 Å². The first-order chi connectivity index (χ1) is 33.1. The first kappa shape index (κ1) is 44.2. The molecule has 0 N–H and O–H groups in total. The minimum Gasteiger partial charge on any atom is -0.392 e. The largest absolute Gasteiger partial charge is 0.499 e. The third-order valence-electron chi connectivity index (χ3n) is 15.5. The molecule has 0 bridgehead atoms. The van der Waals surface area contributed by atoms with Crippen molar-refractivity contribution in [1.29, 1.82) is 0 Å². The molecule has 0 amide bonds. The van der Waals surface area contributed by atoms with Crippen molar-refractivity contribution in [1.82, 2.24) is 4.57 Å². The summed E-state index contributed by atoms with van der Waals surface area (Å²) >= 11 is 0. The third-order valence-corrected chi connectivity index (χ3v) is 15.5. The summed E-state index contributed by atoms with van der Waals surface area (Å²) in [6.07, 6.45) is 2.30. The summed E-state index contributed by atoms with van der Waals surface area (Å²) in [7, 11) is 0. The van der Waals surface area contributed by atoms with Crippen molar-refractivity contribution >= 4 is 11.0 Å². The summed E-state index contributed by atoms with van der Waals surface area (Å²) in [6.45, 7) is 30.2. The van der Waals surface area contributed by atoms with Crippen LogP contribution in [0, 0.1) is 6.92 Å². The second kappa shape index (κ2) is 14.7. The fraction of sp³-hybridized carbons (Fsp3) is 0.273. The van der Waals surface area contributed by atoms with Crippen LogP contribution in [0.15, 0.2) is 158 Å². The molecule has 3 aliphatic heterocycles. The smallest absolute Gasteiger partial charge is 0.392 e. The van der Waals surface area contributed by atoms with Gasteiger partial charge in [-0.15, -0.1) is 9.13 Å². The van der Waals surface area contributed by atoms with Crippen LogP contribution >= 0.6 is 0 Å². The predicted molar refractivity (Wildman–Crippen MR) is 289 cm³/mol. The Labute approximate surface area is 414 Å². The minimum atomic E-state index is -1.10. The maximum absolute atomic E-state index is 8.23. The molecule has 2 aromatic heterocycles. The number of hydrogen-bond donors (Lipinski definition) is 0. The number of rotatable bonds is 4. The quantitative estimate of drug-likeness (QED) is 0.161. The fourth-order valence-electron chi connectivity index (χ4n) is 11.6.